The van der Waals surface area contributed by atoms with Gasteiger partial charge in [-0.2, -0.15) is 5.10 Å². The molecule has 30 heavy (non-hydrogen) atoms. The number of amides is 1. The fraction of sp³-hybridized carbons (Fsp3) is 0.211. The molecule has 1 aromatic carbocycles. The number of aromatic nitrogens is 3. The summed E-state index contributed by atoms with van der Waals surface area (Å²) in [7, 11) is -1.62. The first-order chi connectivity index (χ1) is 14.2. The molecule has 1 aliphatic heterocycles. The number of benzene rings is 1. The first-order valence-corrected chi connectivity index (χ1v) is 11.4. The Bertz CT molecular complexity index is 1240. The van der Waals surface area contributed by atoms with E-state index in [9.17, 15) is 13.2 Å². The zero-order valence-corrected chi connectivity index (χ0v) is 18.2. The van der Waals surface area contributed by atoms with Crippen LogP contribution < -0.4 is 9.62 Å². The second-order valence-corrected chi connectivity index (χ2v) is 9.71. The lowest BCUT2D eigenvalue weighted by atomic mass is 10.1. The lowest BCUT2D eigenvalue weighted by Gasteiger charge is -2.17. The molecule has 3 aromatic rings. The molecule has 0 atom stereocenters. The predicted molar refractivity (Wildman–Crippen MR) is 117 cm³/mol. The molecule has 0 bridgehead atoms. The van der Waals surface area contributed by atoms with Gasteiger partial charge in [-0.15, -0.1) is 0 Å². The van der Waals surface area contributed by atoms with Crippen LogP contribution in [-0.2, 0) is 17.1 Å². The highest BCUT2D eigenvalue weighted by Gasteiger charge is 2.30. The maximum atomic E-state index is 12.9. The van der Waals surface area contributed by atoms with Crippen molar-refractivity contribution in [3.63, 3.8) is 0 Å². The van der Waals surface area contributed by atoms with Gasteiger partial charge in [-0.05, 0) is 36.2 Å². The molecule has 4 rings (SSSR count). The summed E-state index contributed by atoms with van der Waals surface area (Å²) >= 11 is 12.4. The van der Waals surface area contributed by atoms with Crippen LogP contribution in [0, 0.1) is 0 Å². The maximum Gasteiger partial charge on any atom is 0.257 e. The summed E-state index contributed by atoms with van der Waals surface area (Å²) in [5, 5.41) is 7.46. The smallest absolute Gasteiger partial charge is 0.257 e. The molecule has 0 aliphatic carbocycles. The van der Waals surface area contributed by atoms with Gasteiger partial charge >= 0.3 is 0 Å². The fourth-order valence-electron chi connectivity index (χ4n) is 3.23. The predicted octanol–water partition coefficient (Wildman–Crippen LogP) is 3.58. The Morgan fingerprint density at radius 1 is 1.13 bits per heavy atom. The van der Waals surface area contributed by atoms with E-state index in [1.54, 1.807) is 36.1 Å². The van der Waals surface area contributed by atoms with Gasteiger partial charge in [0.1, 0.15) is 5.82 Å². The molecule has 1 amide bonds. The summed E-state index contributed by atoms with van der Waals surface area (Å²) in [6.07, 6.45) is 5.31. The van der Waals surface area contributed by atoms with Gasteiger partial charge in [0.05, 0.1) is 22.5 Å². The minimum Gasteiger partial charge on any atom is -0.322 e. The van der Waals surface area contributed by atoms with E-state index in [0.717, 1.165) is 11.1 Å². The molecule has 1 fully saturated rings. The van der Waals surface area contributed by atoms with Crippen LogP contribution in [0.5, 0.6) is 0 Å². The van der Waals surface area contributed by atoms with Gasteiger partial charge in [0.2, 0.25) is 10.0 Å². The number of nitrogens with one attached hydrogen (secondary N) is 1. The molecule has 0 spiro atoms. The van der Waals surface area contributed by atoms with Crippen molar-refractivity contribution in [2.24, 2.45) is 7.05 Å². The van der Waals surface area contributed by atoms with Gasteiger partial charge in [0, 0.05) is 42.3 Å². The number of rotatable bonds is 4. The average Bonchev–Trinajstić information content (AvgIpc) is 3.26. The second-order valence-electron chi connectivity index (χ2n) is 6.85. The molecule has 1 saturated heterocycles. The average molecular weight is 466 g/mol. The van der Waals surface area contributed by atoms with E-state index in [-0.39, 0.29) is 22.2 Å². The number of sulfonamides is 1. The van der Waals surface area contributed by atoms with Crippen molar-refractivity contribution >= 4 is 50.6 Å². The van der Waals surface area contributed by atoms with Crippen LogP contribution >= 0.6 is 23.2 Å². The molecule has 0 radical (unpaired) electrons. The first-order valence-electron chi connectivity index (χ1n) is 9.00. The van der Waals surface area contributed by atoms with E-state index in [2.05, 4.69) is 15.4 Å². The molecular weight excluding hydrogens is 449 g/mol. The lowest BCUT2D eigenvalue weighted by Crippen LogP contribution is -2.26. The molecule has 156 valence electrons. The van der Waals surface area contributed by atoms with Crippen LogP contribution in [0.3, 0.4) is 0 Å². The summed E-state index contributed by atoms with van der Waals surface area (Å²) in [6.45, 7) is 0.320. The van der Waals surface area contributed by atoms with Crippen molar-refractivity contribution < 1.29 is 13.2 Å². The number of carbonyl (C=O) groups excluding carboxylic acids is 1. The highest BCUT2D eigenvalue weighted by atomic mass is 35.5. The quantitative estimate of drug-likeness (QED) is 0.634. The molecule has 0 saturated carbocycles. The highest BCUT2D eigenvalue weighted by molar-refractivity contribution is 7.93. The Hall–Kier alpha value is -2.62. The monoisotopic (exact) mass is 465 g/mol. The summed E-state index contributed by atoms with van der Waals surface area (Å²) in [5.74, 6) is -0.276. The Balaban J connectivity index is 1.63. The zero-order chi connectivity index (χ0) is 21.5. The first kappa shape index (κ1) is 20.6. The van der Waals surface area contributed by atoms with Gasteiger partial charge in [-0.1, -0.05) is 23.2 Å². The fourth-order valence-corrected chi connectivity index (χ4v) is 5.16. The number of anilines is 2. The molecule has 1 N–H and O–H groups in total. The Labute approximate surface area is 183 Å². The molecule has 8 nitrogen and oxygen atoms in total. The minimum atomic E-state index is -3.42. The summed E-state index contributed by atoms with van der Waals surface area (Å²) in [5.41, 5.74) is 2.22. The molecule has 11 heteroatoms. The van der Waals surface area contributed by atoms with Crippen molar-refractivity contribution in [2.45, 2.75) is 6.42 Å². The van der Waals surface area contributed by atoms with Crippen LogP contribution in [0.1, 0.15) is 16.8 Å². The van der Waals surface area contributed by atoms with Crippen molar-refractivity contribution in [2.75, 3.05) is 21.9 Å². The number of aryl methyl sites for hydroxylation is 1. The van der Waals surface area contributed by atoms with Crippen LogP contribution in [0.15, 0.2) is 42.9 Å². The number of pyridine rings is 1. The Morgan fingerprint density at radius 3 is 2.60 bits per heavy atom. The Morgan fingerprint density at radius 2 is 1.93 bits per heavy atom. The van der Waals surface area contributed by atoms with Gasteiger partial charge in [-0.25, -0.2) is 13.4 Å². The van der Waals surface area contributed by atoms with Gasteiger partial charge in [0.15, 0.2) is 0 Å². The SMILES string of the molecule is Cn1cc(-c2cc(Cl)cc(NC(=O)c3cc(N4CCCS4(=O)=O)ncc3Cl)c2)cn1. The van der Waals surface area contributed by atoms with E-state index in [1.165, 1.54) is 16.6 Å². The lowest BCUT2D eigenvalue weighted by molar-refractivity contribution is 0.102. The van der Waals surface area contributed by atoms with E-state index in [4.69, 9.17) is 23.2 Å². The molecule has 2 aromatic heterocycles. The second kappa shape index (κ2) is 7.90. The van der Waals surface area contributed by atoms with E-state index >= 15 is 0 Å². The van der Waals surface area contributed by atoms with E-state index in [1.807, 2.05) is 6.20 Å². The Kier molecular flexibility index (Phi) is 5.44. The third-order valence-corrected chi connectivity index (χ3v) is 7.00. The molecular formula is C19H17Cl2N5O3S. The molecule has 1 aliphatic rings. The normalized spacial score (nSPS) is 15.4. The largest absolute Gasteiger partial charge is 0.322 e. The third kappa shape index (κ3) is 4.14. The van der Waals surface area contributed by atoms with Crippen molar-refractivity contribution in [3.8, 4) is 11.1 Å². The number of halogens is 2. The van der Waals surface area contributed by atoms with Crippen molar-refractivity contribution in [1.29, 1.82) is 0 Å². The highest BCUT2D eigenvalue weighted by Crippen LogP contribution is 2.29. The van der Waals surface area contributed by atoms with Crippen LogP contribution in [-0.4, -0.2) is 41.4 Å². The standard InChI is InChI=1S/C19H17Cl2N5O3S/c1-25-11-13(9-23-25)12-5-14(20)7-15(6-12)24-19(27)16-8-18(22-10-17(16)21)26-3-2-4-30(26,28)29/h5-11H,2-4H2,1H3,(H,24,27). The number of hydrogen-bond donors (Lipinski definition) is 1. The summed E-state index contributed by atoms with van der Waals surface area (Å²) in [6, 6.07) is 6.53. The van der Waals surface area contributed by atoms with E-state index in [0.29, 0.717) is 23.7 Å². The zero-order valence-electron chi connectivity index (χ0n) is 15.8. The maximum absolute atomic E-state index is 12.9. The number of carbonyl (C=O) groups is 1. The van der Waals surface area contributed by atoms with E-state index < -0.39 is 15.9 Å². The van der Waals surface area contributed by atoms with Gasteiger partial charge in [-0.3, -0.25) is 13.8 Å². The van der Waals surface area contributed by atoms with Crippen LogP contribution in [0.4, 0.5) is 11.5 Å². The summed E-state index contributed by atoms with van der Waals surface area (Å²) < 4.78 is 27.2. The van der Waals surface area contributed by atoms with Gasteiger partial charge in [0.25, 0.3) is 5.91 Å². The minimum absolute atomic E-state index is 0.0540. The number of hydrogen-bond acceptors (Lipinski definition) is 5. The molecule has 3 heterocycles. The van der Waals surface area contributed by atoms with Crippen molar-refractivity contribution in [1.82, 2.24) is 14.8 Å². The summed E-state index contributed by atoms with van der Waals surface area (Å²) in [4.78, 5) is 17.0. The van der Waals surface area contributed by atoms with Crippen molar-refractivity contribution in [3.05, 3.63) is 58.5 Å². The van der Waals surface area contributed by atoms with Crippen LogP contribution in [0.2, 0.25) is 10.0 Å². The van der Waals surface area contributed by atoms with Crippen LogP contribution in [0.25, 0.3) is 11.1 Å². The third-order valence-electron chi connectivity index (χ3n) is 4.63. The van der Waals surface area contributed by atoms with Gasteiger partial charge < -0.3 is 5.32 Å². The molecule has 0 unspecified atom stereocenters. The number of nitrogens with zero attached hydrogens (tertiary/aromatic N) is 4. The topological polar surface area (TPSA) is 97.2 Å².